The molecule has 1 saturated heterocycles. The molecule has 2 aromatic rings. The molecule has 3 heterocycles. The molecular weight excluding hydrogens is 349 g/mol. The first-order chi connectivity index (χ1) is 12.3. The highest BCUT2D eigenvalue weighted by molar-refractivity contribution is 5.31. The van der Waals surface area contributed by atoms with Gasteiger partial charge in [-0.15, -0.1) is 0 Å². The molecule has 2 aromatic heterocycles. The minimum Gasteiger partial charge on any atom is -0.338 e. The summed E-state index contributed by atoms with van der Waals surface area (Å²) in [7, 11) is 0. The number of aryl methyl sites for hydroxylation is 1. The largest absolute Gasteiger partial charge is 0.433 e. The predicted octanol–water partition coefficient (Wildman–Crippen LogP) is 1.18. The summed E-state index contributed by atoms with van der Waals surface area (Å²) in [5.41, 5.74) is -0.308. The third kappa shape index (κ3) is 4.37. The fourth-order valence-electron chi connectivity index (χ4n) is 2.78. The average molecular weight is 368 g/mol. The standard InChI is InChI=1S/C16H19F3N6O/c1-12-2-3-14(26)25(22-12)11-8-23-6-9-24(10-7-23)15-20-5-4-13(21-15)16(17,18)19/h2-5H,6-11H2,1H3. The number of hydrogen-bond donors (Lipinski definition) is 0. The summed E-state index contributed by atoms with van der Waals surface area (Å²) in [4.78, 5) is 23.2. The molecule has 7 nitrogen and oxygen atoms in total. The van der Waals surface area contributed by atoms with Gasteiger partial charge in [-0.05, 0) is 19.1 Å². The van der Waals surface area contributed by atoms with Crippen LogP contribution in [-0.4, -0.2) is 57.4 Å². The van der Waals surface area contributed by atoms with Crippen molar-refractivity contribution in [2.75, 3.05) is 37.6 Å². The van der Waals surface area contributed by atoms with Crippen LogP contribution in [0.3, 0.4) is 0 Å². The van der Waals surface area contributed by atoms with E-state index in [2.05, 4.69) is 20.0 Å². The van der Waals surface area contributed by atoms with Gasteiger partial charge in [0.05, 0.1) is 12.2 Å². The monoisotopic (exact) mass is 368 g/mol. The Hall–Kier alpha value is -2.49. The lowest BCUT2D eigenvalue weighted by Gasteiger charge is -2.34. The molecule has 0 radical (unpaired) electrons. The number of aromatic nitrogens is 4. The molecule has 0 atom stereocenters. The minimum absolute atomic E-state index is 0.0936. The van der Waals surface area contributed by atoms with Gasteiger partial charge in [-0.3, -0.25) is 9.69 Å². The Morgan fingerprint density at radius 1 is 1.08 bits per heavy atom. The molecule has 10 heteroatoms. The maximum Gasteiger partial charge on any atom is 0.433 e. The molecule has 3 rings (SSSR count). The smallest absolute Gasteiger partial charge is 0.338 e. The van der Waals surface area contributed by atoms with Crippen LogP contribution >= 0.6 is 0 Å². The summed E-state index contributed by atoms with van der Waals surface area (Å²) in [6.45, 7) is 5.30. The Morgan fingerprint density at radius 2 is 1.81 bits per heavy atom. The molecule has 26 heavy (non-hydrogen) atoms. The first kappa shape index (κ1) is 18.3. The van der Waals surface area contributed by atoms with Crippen LogP contribution in [0.1, 0.15) is 11.4 Å². The molecule has 0 bridgehead atoms. The van der Waals surface area contributed by atoms with Crippen LogP contribution in [0.25, 0.3) is 0 Å². The van der Waals surface area contributed by atoms with Gasteiger partial charge in [-0.25, -0.2) is 14.6 Å². The Labute approximate surface area is 148 Å². The number of piperazine rings is 1. The zero-order valence-electron chi connectivity index (χ0n) is 14.3. The fourth-order valence-corrected chi connectivity index (χ4v) is 2.78. The van der Waals surface area contributed by atoms with Crippen molar-refractivity contribution in [1.82, 2.24) is 24.6 Å². The average Bonchev–Trinajstić information content (AvgIpc) is 2.62. The van der Waals surface area contributed by atoms with Crippen LogP contribution in [0, 0.1) is 6.92 Å². The highest BCUT2D eigenvalue weighted by atomic mass is 19.4. The van der Waals surface area contributed by atoms with Gasteiger partial charge in [0.15, 0.2) is 0 Å². The summed E-state index contributed by atoms with van der Waals surface area (Å²) in [5.74, 6) is 0.0936. The number of anilines is 1. The topological polar surface area (TPSA) is 67.2 Å². The molecule has 0 aromatic carbocycles. The third-order valence-electron chi connectivity index (χ3n) is 4.22. The number of hydrogen-bond acceptors (Lipinski definition) is 6. The van der Waals surface area contributed by atoms with Gasteiger partial charge >= 0.3 is 6.18 Å². The summed E-state index contributed by atoms with van der Waals surface area (Å²) in [6.07, 6.45) is -3.35. The van der Waals surface area contributed by atoms with Crippen LogP contribution in [0.2, 0.25) is 0 Å². The van der Waals surface area contributed by atoms with E-state index in [-0.39, 0.29) is 11.5 Å². The van der Waals surface area contributed by atoms with Gasteiger partial charge in [-0.2, -0.15) is 18.3 Å². The third-order valence-corrected chi connectivity index (χ3v) is 4.22. The minimum atomic E-state index is -4.48. The van der Waals surface area contributed by atoms with Crippen molar-refractivity contribution in [3.05, 3.63) is 46.1 Å². The van der Waals surface area contributed by atoms with Crippen molar-refractivity contribution in [3.63, 3.8) is 0 Å². The zero-order chi connectivity index (χ0) is 18.7. The highest BCUT2D eigenvalue weighted by Gasteiger charge is 2.33. The maximum absolute atomic E-state index is 12.8. The van der Waals surface area contributed by atoms with E-state index in [1.807, 2.05) is 6.92 Å². The molecular formula is C16H19F3N6O. The van der Waals surface area contributed by atoms with Gasteiger partial charge in [0.25, 0.3) is 5.56 Å². The molecule has 0 saturated carbocycles. The van der Waals surface area contributed by atoms with E-state index < -0.39 is 11.9 Å². The highest BCUT2D eigenvalue weighted by Crippen LogP contribution is 2.28. The lowest BCUT2D eigenvalue weighted by Crippen LogP contribution is -2.48. The fraction of sp³-hybridized carbons (Fsp3) is 0.500. The second-order valence-electron chi connectivity index (χ2n) is 6.10. The Bertz CT molecular complexity index is 814. The molecule has 140 valence electrons. The van der Waals surface area contributed by atoms with Crippen molar-refractivity contribution in [3.8, 4) is 0 Å². The maximum atomic E-state index is 12.8. The Morgan fingerprint density at radius 3 is 2.50 bits per heavy atom. The SMILES string of the molecule is Cc1ccc(=O)n(CCN2CCN(c3nccc(C(F)(F)F)n3)CC2)n1. The summed E-state index contributed by atoms with van der Waals surface area (Å²) < 4.78 is 39.7. The quantitative estimate of drug-likeness (QED) is 0.808. The summed E-state index contributed by atoms with van der Waals surface area (Å²) in [6, 6.07) is 4.03. The molecule has 0 unspecified atom stereocenters. The summed E-state index contributed by atoms with van der Waals surface area (Å²) in [5, 5.41) is 4.19. The first-order valence-electron chi connectivity index (χ1n) is 8.25. The molecule has 1 aliphatic heterocycles. The second-order valence-corrected chi connectivity index (χ2v) is 6.10. The van der Waals surface area contributed by atoms with Crippen molar-refractivity contribution in [2.24, 2.45) is 0 Å². The van der Waals surface area contributed by atoms with Gasteiger partial charge in [0, 0.05) is 45.0 Å². The number of alkyl halides is 3. The number of nitrogens with zero attached hydrogens (tertiary/aromatic N) is 6. The van der Waals surface area contributed by atoms with Crippen LogP contribution in [0.15, 0.2) is 29.2 Å². The van der Waals surface area contributed by atoms with E-state index in [9.17, 15) is 18.0 Å². The van der Waals surface area contributed by atoms with E-state index in [1.54, 1.807) is 11.0 Å². The van der Waals surface area contributed by atoms with E-state index in [0.717, 1.165) is 18.0 Å². The molecule has 0 spiro atoms. The van der Waals surface area contributed by atoms with Crippen molar-refractivity contribution in [1.29, 1.82) is 0 Å². The lowest BCUT2D eigenvalue weighted by molar-refractivity contribution is -0.141. The van der Waals surface area contributed by atoms with Crippen LogP contribution in [-0.2, 0) is 12.7 Å². The summed E-state index contributed by atoms with van der Waals surface area (Å²) >= 11 is 0. The first-order valence-corrected chi connectivity index (χ1v) is 8.25. The number of rotatable bonds is 4. The molecule has 0 amide bonds. The van der Waals surface area contributed by atoms with E-state index in [4.69, 9.17) is 0 Å². The van der Waals surface area contributed by atoms with Crippen molar-refractivity contribution >= 4 is 5.95 Å². The van der Waals surface area contributed by atoms with Gasteiger partial charge in [0.1, 0.15) is 5.69 Å². The van der Waals surface area contributed by atoms with E-state index in [0.29, 0.717) is 39.3 Å². The van der Waals surface area contributed by atoms with Gasteiger partial charge < -0.3 is 4.90 Å². The van der Waals surface area contributed by atoms with Crippen LogP contribution < -0.4 is 10.5 Å². The van der Waals surface area contributed by atoms with Gasteiger partial charge in [-0.1, -0.05) is 0 Å². The van der Waals surface area contributed by atoms with Crippen molar-refractivity contribution < 1.29 is 13.2 Å². The van der Waals surface area contributed by atoms with Crippen LogP contribution in [0.4, 0.5) is 19.1 Å². The van der Waals surface area contributed by atoms with E-state index >= 15 is 0 Å². The van der Waals surface area contributed by atoms with E-state index in [1.165, 1.54) is 10.7 Å². The van der Waals surface area contributed by atoms with Crippen molar-refractivity contribution in [2.45, 2.75) is 19.6 Å². The normalized spacial score (nSPS) is 16.1. The molecule has 1 aliphatic rings. The zero-order valence-corrected chi connectivity index (χ0v) is 14.3. The predicted molar refractivity (Wildman–Crippen MR) is 88.9 cm³/mol. The number of halogens is 3. The van der Waals surface area contributed by atoms with Crippen LogP contribution in [0.5, 0.6) is 0 Å². The lowest BCUT2D eigenvalue weighted by atomic mass is 10.3. The Kier molecular flexibility index (Phi) is 5.21. The second kappa shape index (κ2) is 7.40. The van der Waals surface area contributed by atoms with Gasteiger partial charge in [0.2, 0.25) is 5.95 Å². The Balaban J connectivity index is 1.56. The molecule has 0 N–H and O–H groups in total. The molecule has 1 fully saturated rings. The molecule has 0 aliphatic carbocycles.